The fourth-order valence-electron chi connectivity index (χ4n) is 3.95. The molecule has 0 aromatic carbocycles. The van der Waals surface area contributed by atoms with Gasteiger partial charge in [0.05, 0.1) is 11.8 Å². The number of hydrogen-bond acceptors (Lipinski definition) is 7. The quantitative estimate of drug-likeness (QED) is 0.460. The van der Waals surface area contributed by atoms with E-state index in [-0.39, 0.29) is 18.7 Å². The number of aliphatic hydroxyl groups is 1. The van der Waals surface area contributed by atoms with Gasteiger partial charge in [-0.3, -0.25) is 4.98 Å². The molecular formula is C22H28ClN5O2. The van der Waals surface area contributed by atoms with Crippen LogP contribution in [0.5, 0.6) is 0 Å². The second kappa shape index (κ2) is 8.78. The van der Waals surface area contributed by atoms with Crippen LogP contribution in [-0.2, 0) is 6.42 Å². The monoisotopic (exact) mass is 429 g/mol. The molecule has 160 valence electrons. The van der Waals surface area contributed by atoms with Gasteiger partial charge in [0.25, 0.3) is 0 Å². The van der Waals surface area contributed by atoms with Crippen LogP contribution in [0, 0.1) is 5.92 Å². The summed E-state index contributed by atoms with van der Waals surface area (Å²) >= 11 is 6.63. The van der Waals surface area contributed by atoms with Crippen LogP contribution >= 0.6 is 11.6 Å². The molecule has 8 heteroatoms. The fourth-order valence-corrected chi connectivity index (χ4v) is 4.21. The second-order valence-corrected chi connectivity index (χ2v) is 8.60. The van der Waals surface area contributed by atoms with Crippen molar-refractivity contribution in [1.82, 2.24) is 15.0 Å². The molecule has 1 saturated carbocycles. The highest BCUT2D eigenvalue weighted by molar-refractivity contribution is 6.32. The lowest BCUT2D eigenvalue weighted by Crippen LogP contribution is -2.20. The summed E-state index contributed by atoms with van der Waals surface area (Å²) in [4.78, 5) is 13.6. The molecular weight excluding hydrogens is 402 g/mol. The number of aromatic nitrogens is 3. The van der Waals surface area contributed by atoms with E-state index in [9.17, 15) is 5.11 Å². The lowest BCUT2D eigenvalue weighted by Gasteiger charge is -2.18. The van der Waals surface area contributed by atoms with Crippen LogP contribution in [0.25, 0.3) is 22.3 Å². The molecule has 3 aromatic heterocycles. The topological polar surface area (TPSA) is 96.1 Å². The number of anilines is 2. The van der Waals surface area contributed by atoms with E-state index in [1.165, 1.54) is 0 Å². The number of aryl methyl sites for hydroxylation is 1. The SMILES string of the molecule is CCc1cc2cc(-c3c(Cl)nc(NC(C)C)nc3N[C@H]3CC[C@@H](CO)C3)oc2cn1. The summed E-state index contributed by atoms with van der Waals surface area (Å²) < 4.78 is 6.08. The minimum Gasteiger partial charge on any atom is -0.454 e. The molecule has 3 aromatic rings. The summed E-state index contributed by atoms with van der Waals surface area (Å²) in [6.45, 7) is 6.34. The maximum absolute atomic E-state index is 9.49. The summed E-state index contributed by atoms with van der Waals surface area (Å²) in [6, 6.07) is 4.39. The third-order valence-corrected chi connectivity index (χ3v) is 5.77. The number of pyridine rings is 1. The van der Waals surface area contributed by atoms with E-state index in [0.29, 0.717) is 39.7 Å². The van der Waals surface area contributed by atoms with Gasteiger partial charge in [0.15, 0.2) is 5.58 Å². The number of nitrogens with one attached hydrogen (secondary N) is 2. The Balaban J connectivity index is 1.75. The molecule has 1 fully saturated rings. The predicted octanol–water partition coefficient (Wildman–Crippen LogP) is 4.89. The number of furan rings is 1. The molecule has 0 unspecified atom stereocenters. The van der Waals surface area contributed by atoms with Crippen LogP contribution in [0.15, 0.2) is 22.7 Å². The first-order valence-electron chi connectivity index (χ1n) is 10.6. The van der Waals surface area contributed by atoms with Gasteiger partial charge in [0.2, 0.25) is 5.95 Å². The average molecular weight is 430 g/mol. The Morgan fingerprint density at radius 2 is 2.10 bits per heavy atom. The molecule has 0 aliphatic heterocycles. The van der Waals surface area contributed by atoms with E-state index in [0.717, 1.165) is 36.8 Å². The minimum atomic E-state index is 0.176. The van der Waals surface area contributed by atoms with E-state index >= 15 is 0 Å². The maximum Gasteiger partial charge on any atom is 0.226 e. The zero-order valence-electron chi connectivity index (χ0n) is 17.6. The Bertz CT molecular complexity index is 1040. The summed E-state index contributed by atoms with van der Waals surface area (Å²) in [6.07, 6.45) is 5.47. The fraction of sp³-hybridized carbons (Fsp3) is 0.500. The third kappa shape index (κ3) is 4.37. The second-order valence-electron chi connectivity index (χ2n) is 8.24. The van der Waals surface area contributed by atoms with E-state index in [2.05, 4.69) is 27.5 Å². The predicted molar refractivity (Wildman–Crippen MR) is 120 cm³/mol. The number of halogens is 1. The summed E-state index contributed by atoms with van der Waals surface area (Å²) in [5.41, 5.74) is 2.36. The van der Waals surface area contributed by atoms with Gasteiger partial charge in [-0.1, -0.05) is 18.5 Å². The average Bonchev–Trinajstić information content (AvgIpc) is 3.32. The summed E-state index contributed by atoms with van der Waals surface area (Å²) in [5, 5.41) is 17.5. The van der Waals surface area contributed by atoms with Gasteiger partial charge in [-0.2, -0.15) is 4.98 Å². The smallest absolute Gasteiger partial charge is 0.226 e. The normalized spacial score (nSPS) is 19.0. The standard InChI is InChI=1S/C22H28ClN5O2/c1-4-15-8-14-9-17(30-18(14)10-24-15)19-20(23)27-22(25-12(2)3)28-21(19)26-16-6-5-13(7-16)11-29/h8-10,12-13,16,29H,4-7,11H2,1-3H3,(H2,25,26,27,28)/t13-,16+/m1/s1. The van der Waals surface area contributed by atoms with Crippen LogP contribution in [0.4, 0.5) is 11.8 Å². The zero-order chi connectivity index (χ0) is 21.3. The highest BCUT2D eigenvalue weighted by atomic mass is 35.5. The van der Waals surface area contributed by atoms with Crippen LogP contribution in [-0.4, -0.2) is 38.7 Å². The molecule has 3 N–H and O–H groups in total. The van der Waals surface area contributed by atoms with Crippen molar-refractivity contribution in [3.63, 3.8) is 0 Å². The number of nitrogens with zero attached hydrogens (tertiary/aromatic N) is 3. The first-order chi connectivity index (χ1) is 14.5. The molecule has 7 nitrogen and oxygen atoms in total. The van der Waals surface area contributed by atoms with Gasteiger partial charge in [-0.15, -0.1) is 0 Å². The van der Waals surface area contributed by atoms with Crippen molar-refractivity contribution in [2.45, 2.75) is 58.5 Å². The van der Waals surface area contributed by atoms with Crippen molar-refractivity contribution in [2.24, 2.45) is 5.92 Å². The Labute approximate surface area is 181 Å². The molecule has 1 aliphatic rings. The molecule has 1 aliphatic carbocycles. The van der Waals surface area contributed by atoms with E-state index in [4.69, 9.17) is 21.0 Å². The van der Waals surface area contributed by atoms with Gasteiger partial charge in [0, 0.05) is 29.8 Å². The molecule has 2 atom stereocenters. The Kier molecular flexibility index (Phi) is 6.11. The van der Waals surface area contributed by atoms with Gasteiger partial charge in [-0.25, -0.2) is 4.98 Å². The lowest BCUT2D eigenvalue weighted by atomic mass is 10.1. The van der Waals surface area contributed by atoms with Crippen molar-refractivity contribution in [2.75, 3.05) is 17.2 Å². The van der Waals surface area contributed by atoms with Crippen LogP contribution < -0.4 is 10.6 Å². The number of hydrogen-bond donors (Lipinski definition) is 3. The minimum absolute atomic E-state index is 0.176. The van der Waals surface area contributed by atoms with Crippen molar-refractivity contribution in [3.8, 4) is 11.3 Å². The highest BCUT2D eigenvalue weighted by Gasteiger charge is 2.27. The van der Waals surface area contributed by atoms with Gasteiger partial charge < -0.3 is 20.2 Å². The maximum atomic E-state index is 9.49. The number of rotatable bonds is 7. The highest BCUT2D eigenvalue weighted by Crippen LogP contribution is 2.38. The van der Waals surface area contributed by atoms with Crippen LogP contribution in [0.2, 0.25) is 5.15 Å². The molecule has 0 bridgehead atoms. The first-order valence-corrected chi connectivity index (χ1v) is 10.9. The third-order valence-electron chi connectivity index (χ3n) is 5.49. The zero-order valence-corrected chi connectivity index (χ0v) is 18.3. The molecule has 0 radical (unpaired) electrons. The number of fused-ring (bicyclic) bond motifs is 1. The first kappa shape index (κ1) is 20.9. The lowest BCUT2D eigenvalue weighted by molar-refractivity contribution is 0.229. The molecule has 4 rings (SSSR count). The van der Waals surface area contributed by atoms with Crippen LogP contribution in [0.3, 0.4) is 0 Å². The van der Waals surface area contributed by atoms with E-state index in [1.807, 2.05) is 26.0 Å². The van der Waals surface area contributed by atoms with Crippen molar-refractivity contribution < 1.29 is 9.52 Å². The van der Waals surface area contributed by atoms with Crippen molar-refractivity contribution in [1.29, 1.82) is 0 Å². The van der Waals surface area contributed by atoms with Crippen LogP contribution in [0.1, 0.15) is 45.7 Å². The molecule has 0 spiro atoms. The molecule has 30 heavy (non-hydrogen) atoms. The van der Waals surface area contributed by atoms with E-state index in [1.54, 1.807) is 6.20 Å². The Hall–Kier alpha value is -2.38. The van der Waals surface area contributed by atoms with Crippen molar-refractivity contribution in [3.05, 3.63) is 29.2 Å². The van der Waals surface area contributed by atoms with Crippen molar-refractivity contribution >= 4 is 34.3 Å². The molecule has 0 saturated heterocycles. The Morgan fingerprint density at radius 3 is 2.80 bits per heavy atom. The van der Waals surface area contributed by atoms with Gasteiger partial charge in [-0.05, 0) is 57.6 Å². The number of aliphatic hydroxyl groups excluding tert-OH is 1. The molecule has 3 heterocycles. The summed E-state index contributed by atoms with van der Waals surface area (Å²) in [5.74, 6) is 2.05. The van der Waals surface area contributed by atoms with Gasteiger partial charge >= 0.3 is 0 Å². The van der Waals surface area contributed by atoms with Gasteiger partial charge in [0.1, 0.15) is 16.7 Å². The molecule has 0 amide bonds. The summed E-state index contributed by atoms with van der Waals surface area (Å²) in [7, 11) is 0. The largest absolute Gasteiger partial charge is 0.454 e. The van der Waals surface area contributed by atoms with E-state index < -0.39 is 0 Å². The Morgan fingerprint density at radius 1 is 1.27 bits per heavy atom.